The number of alkyl halides is 3. The molecule has 3 aromatic heterocycles. The van der Waals surface area contributed by atoms with Crippen molar-refractivity contribution in [2.75, 3.05) is 18.8 Å². The van der Waals surface area contributed by atoms with Crippen molar-refractivity contribution in [2.24, 2.45) is 0 Å². The van der Waals surface area contributed by atoms with E-state index in [0.29, 0.717) is 24.3 Å². The predicted octanol–water partition coefficient (Wildman–Crippen LogP) is 4.42. The molecular weight excluding hydrogens is 539 g/mol. The molecule has 9 nitrogen and oxygen atoms in total. The number of hydrogen-bond donors (Lipinski definition) is 3. The lowest BCUT2D eigenvalue weighted by atomic mass is 10.0. The molecule has 1 aromatic carbocycles. The summed E-state index contributed by atoms with van der Waals surface area (Å²) < 4.78 is 47.5. The first-order chi connectivity index (χ1) is 19.4. The third-order valence-electron chi connectivity index (χ3n) is 6.69. The molecule has 0 aliphatic carbocycles. The number of aliphatic hydroxyl groups is 1. The van der Waals surface area contributed by atoms with Gasteiger partial charge in [0.05, 0.1) is 29.0 Å². The van der Waals surface area contributed by atoms with Gasteiger partial charge in [0.15, 0.2) is 0 Å². The fraction of sp³-hybridized carbons (Fsp3) is 0.241. The zero-order valence-corrected chi connectivity index (χ0v) is 21.9. The highest BCUT2D eigenvalue weighted by Crippen LogP contribution is 2.39. The summed E-state index contributed by atoms with van der Waals surface area (Å²) in [6.07, 6.45) is 1.33. The SMILES string of the molecule is CC1(O)CCN(C(=O)c2ccc(-c3cc(C(F)(F)F)c4oc(CNC(=O)/C=C/c5ccc(N)nc5)cc4c3)nc2)C1. The van der Waals surface area contributed by atoms with Crippen LogP contribution in [0, 0.1) is 0 Å². The number of hydrogen-bond acceptors (Lipinski definition) is 7. The second kappa shape index (κ2) is 10.7. The van der Waals surface area contributed by atoms with E-state index in [9.17, 15) is 27.9 Å². The molecule has 0 radical (unpaired) electrons. The molecule has 212 valence electrons. The average Bonchev–Trinajstić information content (AvgIpc) is 3.52. The first-order valence-electron chi connectivity index (χ1n) is 12.7. The van der Waals surface area contributed by atoms with Crippen molar-refractivity contribution < 1.29 is 32.3 Å². The lowest BCUT2D eigenvalue weighted by molar-refractivity contribution is -0.136. The van der Waals surface area contributed by atoms with E-state index in [1.165, 1.54) is 53.7 Å². The van der Waals surface area contributed by atoms with Gasteiger partial charge < -0.3 is 25.5 Å². The van der Waals surface area contributed by atoms with Crippen LogP contribution in [0.5, 0.6) is 0 Å². The zero-order valence-electron chi connectivity index (χ0n) is 21.9. The lowest BCUT2D eigenvalue weighted by Crippen LogP contribution is -2.33. The third kappa shape index (κ3) is 6.38. The van der Waals surface area contributed by atoms with Gasteiger partial charge in [-0.15, -0.1) is 0 Å². The largest absolute Gasteiger partial charge is 0.459 e. The molecular formula is C29H26F3N5O4. The van der Waals surface area contributed by atoms with E-state index in [0.717, 1.165) is 6.07 Å². The molecule has 1 aliphatic rings. The Hall–Kier alpha value is -4.71. The molecule has 4 heterocycles. The topological polar surface area (TPSA) is 135 Å². The van der Waals surface area contributed by atoms with Crippen LogP contribution in [0.1, 0.15) is 40.6 Å². The van der Waals surface area contributed by atoms with Gasteiger partial charge in [-0.3, -0.25) is 14.6 Å². The first-order valence-corrected chi connectivity index (χ1v) is 12.7. The number of nitrogens with zero attached hydrogens (tertiary/aromatic N) is 3. The highest BCUT2D eigenvalue weighted by atomic mass is 19.4. The quantitative estimate of drug-likeness (QED) is 0.295. The van der Waals surface area contributed by atoms with Gasteiger partial charge in [0.1, 0.15) is 17.2 Å². The number of carbonyl (C=O) groups is 2. The number of nitrogen functional groups attached to an aromatic ring is 1. The summed E-state index contributed by atoms with van der Waals surface area (Å²) >= 11 is 0. The van der Waals surface area contributed by atoms with E-state index in [4.69, 9.17) is 10.2 Å². The number of carbonyl (C=O) groups excluding carboxylic acids is 2. The second-order valence-electron chi connectivity index (χ2n) is 10.1. The molecule has 1 aliphatic heterocycles. The minimum absolute atomic E-state index is 0.133. The number of fused-ring (bicyclic) bond motifs is 1. The number of aromatic nitrogens is 2. The average molecular weight is 566 g/mol. The maximum atomic E-state index is 14.0. The number of nitrogens with one attached hydrogen (secondary N) is 1. The number of pyridine rings is 2. The minimum atomic E-state index is -4.72. The maximum Gasteiger partial charge on any atom is 0.420 e. The number of anilines is 1. The van der Waals surface area contributed by atoms with Gasteiger partial charge in [-0.2, -0.15) is 13.2 Å². The zero-order chi connectivity index (χ0) is 29.4. The van der Waals surface area contributed by atoms with Gasteiger partial charge in [-0.25, -0.2) is 4.98 Å². The molecule has 0 saturated carbocycles. The molecule has 41 heavy (non-hydrogen) atoms. The summed E-state index contributed by atoms with van der Waals surface area (Å²) in [5, 5.41) is 12.9. The molecule has 1 atom stereocenters. The van der Waals surface area contributed by atoms with Crippen molar-refractivity contribution in [3.63, 3.8) is 0 Å². The normalized spacial score (nSPS) is 17.4. The van der Waals surface area contributed by atoms with Gasteiger partial charge >= 0.3 is 6.18 Å². The van der Waals surface area contributed by atoms with Crippen molar-refractivity contribution in [2.45, 2.75) is 31.7 Å². The van der Waals surface area contributed by atoms with Crippen molar-refractivity contribution >= 4 is 34.7 Å². The Morgan fingerprint density at radius 1 is 1.17 bits per heavy atom. The maximum absolute atomic E-state index is 14.0. The van der Waals surface area contributed by atoms with E-state index < -0.39 is 23.2 Å². The smallest absolute Gasteiger partial charge is 0.420 e. The van der Waals surface area contributed by atoms with Gasteiger partial charge in [-0.05, 0) is 67.4 Å². The van der Waals surface area contributed by atoms with Crippen LogP contribution in [0.25, 0.3) is 28.3 Å². The lowest BCUT2D eigenvalue weighted by Gasteiger charge is -2.19. The highest BCUT2D eigenvalue weighted by molar-refractivity contribution is 5.95. The Labute approximate surface area is 232 Å². The van der Waals surface area contributed by atoms with Crippen molar-refractivity contribution in [1.82, 2.24) is 20.2 Å². The number of benzene rings is 1. The van der Waals surface area contributed by atoms with Crippen LogP contribution in [-0.2, 0) is 17.5 Å². The Balaban J connectivity index is 1.34. The van der Waals surface area contributed by atoms with Crippen molar-refractivity contribution in [1.29, 1.82) is 0 Å². The van der Waals surface area contributed by atoms with Crippen LogP contribution in [0.15, 0.2) is 65.4 Å². The third-order valence-corrected chi connectivity index (χ3v) is 6.69. The van der Waals surface area contributed by atoms with Crippen LogP contribution < -0.4 is 11.1 Å². The van der Waals surface area contributed by atoms with Crippen LogP contribution in [0.2, 0.25) is 0 Å². The molecule has 0 bridgehead atoms. The Kier molecular flexibility index (Phi) is 7.26. The summed E-state index contributed by atoms with van der Waals surface area (Å²) in [7, 11) is 0. The van der Waals surface area contributed by atoms with Crippen LogP contribution in [0.4, 0.5) is 19.0 Å². The number of β-amino-alcohol motifs (C(OH)–C–C–N with tert-alkyl or cyclic N) is 1. The van der Waals surface area contributed by atoms with Crippen LogP contribution >= 0.6 is 0 Å². The number of rotatable bonds is 6. The molecule has 1 fully saturated rings. The van der Waals surface area contributed by atoms with Crippen LogP contribution in [-0.4, -0.2) is 50.5 Å². The van der Waals surface area contributed by atoms with Crippen molar-refractivity contribution in [3.8, 4) is 11.3 Å². The summed E-state index contributed by atoms with van der Waals surface area (Å²) in [6.45, 7) is 2.11. The van der Waals surface area contributed by atoms with Gasteiger partial charge in [0.25, 0.3) is 5.91 Å². The van der Waals surface area contributed by atoms with Gasteiger partial charge in [0.2, 0.25) is 5.91 Å². The number of halogens is 3. The summed E-state index contributed by atoms with van der Waals surface area (Å²) in [6, 6.07) is 10.1. The summed E-state index contributed by atoms with van der Waals surface area (Å²) in [4.78, 5) is 34.6. The van der Waals surface area contributed by atoms with Gasteiger partial charge in [0, 0.05) is 42.5 Å². The van der Waals surface area contributed by atoms with E-state index in [1.807, 2.05) is 0 Å². The molecule has 2 amide bonds. The first kappa shape index (κ1) is 27.8. The monoisotopic (exact) mass is 565 g/mol. The number of likely N-dealkylation sites (tertiary alicyclic amines) is 1. The van der Waals surface area contributed by atoms with E-state index >= 15 is 0 Å². The highest BCUT2D eigenvalue weighted by Gasteiger charge is 2.36. The molecule has 5 rings (SSSR count). The Morgan fingerprint density at radius 3 is 2.61 bits per heavy atom. The minimum Gasteiger partial charge on any atom is -0.459 e. The molecule has 1 saturated heterocycles. The second-order valence-corrected chi connectivity index (χ2v) is 10.1. The summed E-state index contributed by atoms with van der Waals surface area (Å²) in [5.74, 6) is -0.312. The molecule has 4 aromatic rings. The fourth-order valence-electron chi connectivity index (χ4n) is 4.56. The van der Waals surface area contributed by atoms with E-state index in [-0.39, 0.29) is 52.5 Å². The van der Waals surface area contributed by atoms with E-state index in [2.05, 4.69) is 15.3 Å². The Morgan fingerprint density at radius 2 is 1.98 bits per heavy atom. The molecule has 4 N–H and O–H groups in total. The number of furan rings is 1. The Bertz CT molecular complexity index is 1630. The standard InChI is InChI=1S/C29H26F3N5O4/c1-28(40)8-9-37(16-28)27(39)18-4-5-23(34-14-18)19-10-20-11-21(41-26(20)22(12-19)29(30,31)32)15-36-25(38)7-3-17-2-6-24(33)35-13-17/h2-7,10-14,40H,8-9,15-16H2,1H3,(H2,33,35)(H,36,38)/b7-3+. The molecule has 1 unspecified atom stereocenters. The predicted molar refractivity (Wildman–Crippen MR) is 145 cm³/mol. The molecule has 12 heteroatoms. The van der Waals surface area contributed by atoms with Crippen molar-refractivity contribution in [3.05, 3.63) is 83.4 Å². The van der Waals surface area contributed by atoms with E-state index in [1.54, 1.807) is 19.1 Å². The number of nitrogens with two attached hydrogens (primary N) is 1. The summed E-state index contributed by atoms with van der Waals surface area (Å²) in [5.41, 5.74) is 4.57. The van der Waals surface area contributed by atoms with Gasteiger partial charge in [-0.1, -0.05) is 0 Å². The number of amides is 2. The molecule has 0 spiro atoms. The van der Waals surface area contributed by atoms with Crippen LogP contribution in [0.3, 0.4) is 0 Å². The fourth-order valence-corrected chi connectivity index (χ4v) is 4.56.